The lowest BCUT2D eigenvalue weighted by molar-refractivity contribution is 0.283. The van der Waals surface area contributed by atoms with E-state index >= 15 is 0 Å². The monoisotopic (exact) mass is 417 g/mol. The number of piperidine rings is 1. The summed E-state index contributed by atoms with van der Waals surface area (Å²) in [6.45, 7) is 4.54. The van der Waals surface area contributed by atoms with Crippen molar-refractivity contribution in [3.05, 3.63) is 59.7 Å². The lowest BCUT2D eigenvalue weighted by Crippen LogP contribution is -2.34. The molecule has 4 aromatic rings. The van der Waals surface area contributed by atoms with Crippen LogP contribution in [0.2, 0.25) is 0 Å². The lowest BCUT2D eigenvalue weighted by atomic mass is 9.92. The molecule has 1 aliphatic rings. The number of ether oxygens (including phenoxy) is 1. The van der Waals surface area contributed by atoms with E-state index in [1.807, 2.05) is 12.4 Å². The number of para-hydroxylation sites is 1. The van der Waals surface area contributed by atoms with Crippen molar-refractivity contribution in [1.29, 1.82) is 0 Å². The highest BCUT2D eigenvalue weighted by molar-refractivity contribution is 7.08. The molecule has 30 heavy (non-hydrogen) atoms. The predicted molar refractivity (Wildman–Crippen MR) is 125 cm³/mol. The molecule has 0 radical (unpaired) electrons. The van der Waals surface area contributed by atoms with Crippen LogP contribution in [0.5, 0.6) is 5.75 Å². The molecule has 2 unspecified atom stereocenters. The Morgan fingerprint density at radius 3 is 2.87 bits per heavy atom. The first-order valence-electron chi connectivity index (χ1n) is 10.6. The molecule has 1 aliphatic heterocycles. The van der Waals surface area contributed by atoms with Crippen LogP contribution in [0.4, 0.5) is 0 Å². The number of aromatic nitrogens is 2. The standard InChI is InChI=1S/C25H27N3OS/c1-17(18-5-4-9-26-12-18)28-15-23(22-6-3-7-24(29-2)25(22)28)21-11-20(13-27-14-21)19-8-10-30-16-19/h3,6-8,10-11,13-18,26H,4-5,9,12H2,1-2H3. The highest BCUT2D eigenvalue weighted by Gasteiger charge is 2.25. The fourth-order valence-corrected chi connectivity index (χ4v) is 5.35. The molecular weight excluding hydrogens is 390 g/mol. The van der Waals surface area contributed by atoms with Gasteiger partial charge >= 0.3 is 0 Å². The van der Waals surface area contributed by atoms with Gasteiger partial charge in [0.05, 0.1) is 12.6 Å². The minimum atomic E-state index is 0.387. The van der Waals surface area contributed by atoms with Crippen molar-refractivity contribution in [1.82, 2.24) is 14.9 Å². The topological polar surface area (TPSA) is 39.1 Å². The van der Waals surface area contributed by atoms with E-state index in [4.69, 9.17) is 4.74 Å². The largest absolute Gasteiger partial charge is 0.495 e. The van der Waals surface area contributed by atoms with Gasteiger partial charge in [-0.15, -0.1) is 0 Å². The van der Waals surface area contributed by atoms with Crippen LogP contribution in [-0.4, -0.2) is 29.8 Å². The Bertz CT molecular complexity index is 1140. The molecule has 3 aromatic heterocycles. The molecule has 0 saturated carbocycles. The normalized spacial score (nSPS) is 17.9. The lowest BCUT2D eigenvalue weighted by Gasteiger charge is -2.30. The first-order chi connectivity index (χ1) is 14.8. The highest BCUT2D eigenvalue weighted by Crippen LogP contribution is 2.40. The number of pyridine rings is 1. The number of thiophene rings is 1. The molecule has 5 heteroatoms. The molecule has 4 nitrogen and oxygen atoms in total. The Labute approximate surface area is 181 Å². The van der Waals surface area contributed by atoms with Crippen molar-refractivity contribution in [3.63, 3.8) is 0 Å². The van der Waals surface area contributed by atoms with Crippen LogP contribution in [0.15, 0.2) is 59.7 Å². The number of hydrogen-bond donors (Lipinski definition) is 1. The summed E-state index contributed by atoms with van der Waals surface area (Å²) in [5, 5.41) is 9.07. The molecule has 4 heterocycles. The second-order valence-corrected chi connectivity index (χ2v) is 8.91. The summed E-state index contributed by atoms with van der Waals surface area (Å²) in [6, 6.07) is 11.1. The maximum atomic E-state index is 5.79. The predicted octanol–water partition coefficient (Wildman–Crippen LogP) is 6.00. The smallest absolute Gasteiger partial charge is 0.143 e. The number of methoxy groups -OCH3 is 1. The molecule has 0 bridgehead atoms. The second-order valence-electron chi connectivity index (χ2n) is 8.13. The number of rotatable bonds is 5. The first kappa shape index (κ1) is 19.3. The number of benzene rings is 1. The van der Waals surface area contributed by atoms with E-state index in [2.05, 4.69) is 69.1 Å². The zero-order valence-electron chi connectivity index (χ0n) is 17.5. The SMILES string of the molecule is COc1cccc2c(-c3cncc(-c4ccsc4)c3)cn(C(C)C3CCCNC3)c12. The van der Waals surface area contributed by atoms with Crippen molar-refractivity contribution in [2.24, 2.45) is 5.92 Å². The Morgan fingerprint density at radius 2 is 2.10 bits per heavy atom. The maximum absolute atomic E-state index is 5.79. The average molecular weight is 418 g/mol. The number of hydrogen-bond acceptors (Lipinski definition) is 4. The van der Waals surface area contributed by atoms with Crippen molar-refractivity contribution >= 4 is 22.2 Å². The van der Waals surface area contributed by atoms with Gasteiger partial charge in [-0.2, -0.15) is 11.3 Å². The summed E-state index contributed by atoms with van der Waals surface area (Å²) in [4.78, 5) is 4.56. The molecule has 1 aromatic carbocycles. The molecule has 1 N–H and O–H groups in total. The van der Waals surface area contributed by atoms with Gasteiger partial charge in [-0.3, -0.25) is 4.98 Å². The van der Waals surface area contributed by atoms with Crippen molar-refractivity contribution in [2.75, 3.05) is 20.2 Å². The average Bonchev–Trinajstić information content (AvgIpc) is 3.48. The Kier molecular flexibility index (Phi) is 5.32. The molecule has 2 atom stereocenters. The van der Waals surface area contributed by atoms with Gasteiger partial charge < -0.3 is 14.6 Å². The molecule has 0 amide bonds. The number of nitrogens with zero attached hydrogens (tertiary/aromatic N) is 2. The summed E-state index contributed by atoms with van der Waals surface area (Å²) >= 11 is 1.71. The van der Waals surface area contributed by atoms with E-state index in [1.165, 1.54) is 34.9 Å². The van der Waals surface area contributed by atoms with Gasteiger partial charge in [0.1, 0.15) is 5.75 Å². The van der Waals surface area contributed by atoms with E-state index in [0.717, 1.165) is 30.0 Å². The van der Waals surface area contributed by atoms with E-state index < -0.39 is 0 Å². The number of fused-ring (bicyclic) bond motifs is 1. The minimum Gasteiger partial charge on any atom is -0.495 e. The summed E-state index contributed by atoms with van der Waals surface area (Å²) < 4.78 is 8.22. The van der Waals surface area contributed by atoms with Gasteiger partial charge in [-0.05, 0) is 73.3 Å². The van der Waals surface area contributed by atoms with Gasteiger partial charge in [0.2, 0.25) is 0 Å². The molecule has 5 rings (SSSR count). The van der Waals surface area contributed by atoms with Crippen molar-refractivity contribution in [3.8, 4) is 28.0 Å². The van der Waals surface area contributed by atoms with Gasteiger partial charge in [-0.1, -0.05) is 12.1 Å². The van der Waals surface area contributed by atoms with E-state index in [9.17, 15) is 0 Å². The highest BCUT2D eigenvalue weighted by atomic mass is 32.1. The molecule has 1 fully saturated rings. The van der Waals surface area contributed by atoms with Crippen LogP contribution in [0.3, 0.4) is 0 Å². The number of nitrogens with one attached hydrogen (secondary N) is 1. The van der Waals surface area contributed by atoms with E-state index in [-0.39, 0.29) is 0 Å². The van der Waals surface area contributed by atoms with Crippen LogP contribution in [0.25, 0.3) is 33.2 Å². The summed E-state index contributed by atoms with van der Waals surface area (Å²) in [5.41, 5.74) is 5.90. The van der Waals surface area contributed by atoms with Crippen LogP contribution in [0, 0.1) is 5.92 Å². The van der Waals surface area contributed by atoms with Crippen LogP contribution >= 0.6 is 11.3 Å². The van der Waals surface area contributed by atoms with Crippen molar-refractivity contribution in [2.45, 2.75) is 25.8 Å². The van der Waals surface area contributed by atoms with Crippen molar-refractivity contribution < 1.29 is 4.74 Å². The zero-order chi connectivity index (χ0) is 20.5. The zero-order valence-corrected chi connectivity index (χ0v) is 18.3. The van der Waals surface area contributed by atoms with Gasteiger partial charge in [0.15, 0.2) is 0 Å². The molecule has 0 aliphatic carbocycles. The molecular formula is C25H27N3OS. The third kappa shape index (κ3) is 3.42. The maximum Gasteiger partial charge on any atom is 0.143 e. The summed E-state index contributed by atoms with van der Waals surface area (Å²) in [6.07, 6.45) is 8.72. The quantitative estimate of drug-likeness (QED) is 0.433. The summed E-state index contributed by atoms with van der Waals surface area (Å²) in [5.74, 6) is 1.54. The fraction of sp³-hybridized carbons (Fsp3) is 0.320. The Morgan fingerprint density at radius 1 is 1.20 bits per heavy atom. The molecule has 1 saturated heterocycles. The summed E-state index contributed by atoms with van der Waals surface area (Å²) in [7, 11) is 1.76. The van der Waals surface area contributed by atoms with Gasteiger partial charge in [-0.25, -0.2) is 0 Å². The molecule has 0 spiro atoms. The minimum absolute atomic E-state index is 0.387. The first-order valence-corrected chi connectivity index (χ1v) is 11.6. The third-order valence-corrected chi connectivity index (χ3v) is 7.08. The van der Waals surface area contributed by atoms with Gasteiger partial charge in [0.25, 0.3) is 0 Å². The fourth-order valence-electron chi connectivity index (χ4n) is 4.69. The second kappa shape index (κ2) is 8.25. The van der Waals surface area contributed by atoms with E-state index in [0.29, 0.717) is 12.0 Å². The Hall–Kier alpha value is -2.63. The van der Waals surface area contributed by atoms with Gasteiger partial charge in [0, 0.05) is 46.7 Å². The van der Waals surface area contributed by atoms with Crippen LogP contribution in [-0.2, 0) is 0 Å². The Balaban J connectivity index is 1.65. The third-order valence-electron chi connectivity index (χ3n) is 6.40. The van der Waals surface area contributed by atoms with Crippen LogP contribution in [0.1, 0.15) is 25.8 Å². The molecule has 154 valence electrons. The van der Waals surface area contributed by atoms with E-state index in [1.54, 1.807) is 18.4 Å². The van der Waals surface area contributed by atoms with Crippen LogP contribution < -0.4 is 10.1 Å².